The van der Waals surface area contributed by atoms with Crippen molar-refractivity contribution >= 4 is 49.2 Å². The monoisotopic (exact) mass is 619 g/mol. The first-order valence-electron chi connectivity index (χ1n) is 13.2. The van der Waals surface area contributed by atoms with Gasteiger partial charge in [-0.3, -0.25) is 5.32 Å². The fraction of sp³-hybridized carbons (Fsp3) is 0.379. The molecule has 0 radical (unpaired) electrons. The number of carbonyl (C=O) groups is 1. The molecular weight excluding hydrogens is 593 g/mol. The van der Waals surface area contributed by atoms with E-state index in [9.17, 15) is 37.8 Å². The Bertz CT molecular complexity index is 1840. The van der Waals surface area contributed by atoms with E-state index in [0.717, 1.165) is 11.3 Å². The summed E-state index contributed by atoms with van der Waals surface area (Å²) in [4.78, 5) is 20.1. The molecule has 0 unspecified atom stereocenters. The lowest BCUT2D eigenvalue weighted by Gasteiger charge is -2.38. The van der Waals surface area contributed by atoms with Gasteiger partial charge in [0.25, 0.3) is 0 Å². The van der Waals surface area contributed by atoms with Crippen LogP contribution in [0.5, 0.6) is 0 Å². The topological polar surface area (TPSA) is 122 Å². The summed E-state index contributed by atoms with van der Waals surface area (Å²) in [7, 11) is 0. The van der Waals surface area contributed by atoms with Crippen molar-refractivity contribution in [2.45, 2.75) is 57.7 Å². The number of aromatic nitrogens is 2. The van der Waals surface area contributed by atoms with Crippen LogP contribution in [0.2, 0.25) is 0 Å². The van der Waals surface area contributed by atoms with Crippen molar-refractivity contribution in [1.82, 2.24) is 9.97 Å². The van der Waals surface area contributed by atoms with Crippen molar-refractivity contribution in [3.05, 3.63) is 46.8 Å². The molecule has 43 heavy (non-hydrogen) atoms. The summed E-state index contributed by atoms with van der Waals surface area (Å²) in [6.07, 6.45) is -7.16. The number of thiophene rings is 1. The summed E-state index contributed by atoms with van der Waals surface area (Å²) in [6.45, 7) is 6.79. The zero-order valence-corrected chi connectivity index (χ0v) is 24.3. The van der Waals surface area contributed by atoms with Crippen molar-refractivity contribution in [3.8, 4) is 17.2 Å². The Balaban J connectivity index is 1.96. The molecule has 5 rings (SSSR count). The fourth-order valence-electron chi connectivity index (χ4n) is 5.66. The van der Waals surface area contributed by atoms with Crippen LogP contribution >= 0.6 is 11.3 Å². The molecule has 1 fully saturated rings. The number of anilines is 2. The lowest BCUT2D eigenvalue weighted by atomic mass is 9.78. The maximum Gasteiger partial charge on any atom is 0.417 e. The number of aliphatic hydroxyl groups is 1. The Morgan fingerprint density at radius 3 is 2.44 bits per heavy atom. The minimum Gasteiger partial charge on any atom is -0.465 e. The number of β-amino-alcohol motifs (C(OH)–C–C–N with tert-alkyl or cyclic N) is 1. The Kier molecular flexibility index (Phi) is 7.25. The van der Waals surface area contributed by atoms with Gasteiger partial charge in [-0.1, -0.05) is 26.8 Å². The third-order valence-corrected chi connectivity index (χ3v) is 8.48. The summed E-state index contributed by atoms with van der Waals surface area (Å²) >= 11 is 0.817. The second-order valence-electron chi connectivity index (χ2n) is 11.8. The van der Waals surface area contributed by atoms with Crippen LogP contribution in [-0.4, -0.2) is 45.0 Å². The van der Waals surface area contributed by atoms with Gasteiger partial charge in [0.1, 0.15) is 22.4 Å². The van der Waals surface area contributed by atoms with Gasteiger partial charge in [-0.2, -0.15) is 32.8 Å². The summed E-state index contributed by atoms with van der Waals surface area (Å²) in [6, 6.07) is 5.57. The molecule has 8 nitrogen and oxygen atoms in total. The lowest BCUT2D eigenvalue weighted by Crippen LogP contribution is -2.46. The second kappa shape index (κ2) is 10.3. The first-order chi connectivity index (χ1) is 19.9. The Hall–Kier alpha value is -4.09. The zero-order chi connectivity index (χ0) is 31.6. The van der Waals surface area contributed by atoms with Gasteiger partial charge in [0, 0.05) is 34.1 Å². The number of benzene rings is 2. The van der Waals surface area contributed by atoms with Crippen LogP contribution in [-0.2, 0) is 11.6 Å². The van der Waals surface area contributed by atoms with E-state index in [-0.39, 0.29) is 50.7 Å². The van der Waals surface area contributed by atoms with Gasteiger partial charge < -0.3 is 15.1 Å². The molecule has 0 spiro atoms. The van der Waals surface area contributed by atoms with E-state index in [1.54, 1.807) is 20.8 Å². The van der Waals surface area contributed by atoms with E-state index in [0.29, 0.717) is 18.9 Å². The van der Waals surface area contributed by atoms with E-state index in [2.05, 4.69) is 15.3 Å². The molecule has 1 aliphatic heterocycles. The number of amides is 1. The number of fused-ring (bicyclic) bond motifs is 2. The van der Waals surface area contributed by atoms with Crippen molar-refractivity contribution in [1.29, 1.82) is 5.26 Å². The highest BCUT2D eigenvalue weighted by atomic mass is 32.1. The van der Waals surface area contributed by atoms with Gasteiger partial charge in [-0.05, 0) is 48.4 Å². The van der Waals surface area contributed by atoms with E-state index in [1.807, 2.05) is 6.07 Å². The molecule has 226 valence electrons. The molecule has 2 aromatic carbocycles. The molecule has 3 N–H and O–H groups in total. The molecule has 1 atom stereocenters. The van der Waals surface area contributed by atoms with Crippen LogP contribution in [0.15, 0.2) is 18.2 Å². The average Bonchev–Trinajstić information content (AvgIpc) is 3.22. The number of carboxylic acid groups (broad SMARTS) is 1. The van der Waals surface area contributed by atoms with Crippen LogP contribution in [0.1, 0.15) is 57.2 Å². The normalized spacial score (nSPS) is 17.8. The molecule has 0 aliphatic carbocycles. The highest BCUT2D eigenvalue weighted by Crippen LogP contribution is 2.51. The summed E-state index contributed by atoms with van der Waals surface area (Å²) in [5.74, 6) is -1.76. The standard InChI is InChI=1S/C29H26F5N5O3S/c1-27(2,3)15-6-7-17-18(14(11-35)24(43-17)38-26(40)41)19(15)20-16(29(32,33)34)10-13-22(21(20)30)36-25(31)37-23(13)39-9-5-8-28(4,42)12-39/h6-7,10,38,42H,5,8-9,12H2,1-4H3,(H,40,41)/t28-/m1/s1. The summed E-state index contributed by atoms with van der Waals surface area (Å²) < 4.78 is 76.6. The van der Waals surface area contributed by atoms with E-state index in [4.69, 9.17) is 0 Å². The number of alkyl halides is 3. The number of nitriles is 1. The molecule has 4 aromatic rings. The molecule has 14 heteroatoms. The first-order valence-corrected chi connectivity index (χ1v) is 14.0. The van der Waals surface area contributed by atoms with Gasteiger partial charge in [-0.25, -0.2) is 9.18 Å². The number of nitrogens with one attached hydrogen (secondary N) is 1. The van der Waals surface area contributed by atoms with Crippen molar-refractivity contribution < 1.29 is 37.0 Å². The molecule has 1 saturated heterocycles. The molecule has 1 amide bonds. The Morgan fingerprint density at radius 2 is 1.86 bits per heavy atom. The fourth-order valence-corrected chi connectivity index (χ4v) is 6.71. The largest absolute Gasteiger partial charge is 0.465 e. The van der Waals surface area contributed by atoms with Gasteiger partial charge in [0.15, 0.2) is 5.82 Å². The molecule has 2 aromatic heterocycles. The molecule has 0 saturated carbocycles. The van der Waals surface area contributed by atoms with Crippen LogP contribution in [0, 0.1) is 23.2 Å². The molecule has 3 heterocycles. The van der Waals surface area contributed by atoms with Gasteiger partial charge >= 0.3 is 18.3 Å². The number of halogens is 5. The number of hydrogen-bond donors (Lipinski definition) is 3. The van der Waals surface area contributed by atoms with Crippen molar-refractivity contribution in [2.75, 3.05) is 23.3 Å². The molecule has 1 aliphatic rings. The Morgan fingerprint density at radius 1 is 1.16 bits per heavy atom. The average molecular weight is 620 g/mol. The van der Waals surface area contributed by atoms with Crippen LogP contribution in [0.3, 0.4) is 0 Å². The van der Waals surface area contributed by atoms with E-state index < -0.39 is 57.2 Å². The number of rotatable bonds is 3. The highest BCUT2D eigenvalue weighted by Gasteiger charge is 2.40. The third-order valence-electron chi connectivity index (χ3n) is 7.41. The van der Waals surface area contributed by atoms with Crippen molar-refractivity contribution in [3.63, 3.8) is 0 Å². The maximum atomic E-state index is 16.8. The van der Waals surface area contributed by atoms with Gasteiger partial charge in [-0.15, -0.1) is 11.3 Å². The lowest BCUT2D eigenvalue weighted by molar-refractivity contribution is -0.137. The second-order valence-corrected chi connectivity index (χ2v) is 12.9. The first kappa shape index (κ1) is 30.4. The van der Waals surface area contributed by atoms with Crippen LogP contribution in [0.25, 0.3) is 32.1 Å². The zero-order valence-electron chi connectivity index (χ0n) is 23.5. The minimum atomic E-state index is -5.13. The van der Waals surface area contributed by atoms with Crippen LogP contribution < -0.4 is 10.2 Å². The maximum absolute atomic E-state index is 16.8. The minimum absolute atomic E-state index is 0.0729. The third kappa shape index (κ3) is 5.43. The summed E-state index contributed by atoms with van der Waals surface area (Å²) in [5.41, 5.74) is -5.48. The SMILES string of the molecule is CC(C)(C)c1ccc2sc(NC(=O)O)c(C#N)c2c1-c1c(C(F)(F)F)cc2c(N3CCC[C@@](C)(O)C3)nc(F)nc2c1F. The summed E-state index contributed by atoms with van der Waals surface area (Å²) in [5, 5.41) is 31.4. The van der Waals surface area contributed by atoms with Gasteiger partial charge in [0.05, 0.1) is 16.7 Å². The van der Waals surface area contributed by atoms with E-state index >= 15 is 4.39 Å². The van der Waals surface area contributed by atoms with E-state index in [1.165, 1.54) is 24.0 Å². The number of piperidine rings is 1. The predicted octanol–water partition coefficient (Wildman–Crippen LogP) is 7.42. The highest BCUT2D eigenvalue weighted by molar-refractivity contribution is 7.23. The molecular formula is C29H26F5N5O3S. The quantitative estimate of drug-likeness (QED) is 0.161. The number of nitrogens with zero attached hydrogens (tertiary/aromatic N) is 4. The number of hydrogen-bond acceptors (Lipinski definition) is 7. The molecule has 0 bridgehead atoms. The predicted molar refractivity (Wildman–Crippen MR) is 152 cm³/mol. The smallest absolute Gasteiger partial charge is 0.417 e. The van der Waals surface area contributed by atoms with Crippen molar-refractivity contribution in [2.24, 2.45) is 0 Å². The Labute approximate surface area is 246 Å². The van der Waals surface area contributed by atoms with Gasteiger partial charge in [0.2, 0.25) is 0 Å². The van der Waals surface area contributed by atoms with Crippen LogP contribution in [0.4, 0.5) is 37.6 Å².